The van der Waals surface area contributed by atoms with Gasteiger partial charge >= 0.3 is 0 Å². The average Bonchev–Trinajstić information content (AvgIpc) is 2.90. The molecule has 1 aromatic rings. The zero-order valence-electron chi connectivity index (χ0n) is 16.4. The zero-order chi connectivity index (χ0) is 19.4. The second-order valence-corrected chi connectivity index (χ2v) is 7.92. The van der Waals surface area contributed by atoms with Crippen LogP contribution in [0.3, 0.4) is 0 Å². The summed E-state index contributed by atoms with van der Waals surface area (Å²) in [6, 6.07) is 7.66. The molecule has 1 saturated heterocycles. The molecule has 0 unspecified atom stereocenters. The molecule has 5 nitrogen and oxygen atoms in total. The van der Waals surface area contributed by atoms with Crippen molar-refractivity contribution in [3.05, 3.63) is 41.1 Å². The van der Waals surface area contributed by atoms with Crippen LogP contribution in [0.15, 0.2) is 35.5 Å². The third kappa shape index (κ3) is 4.80. The molecule has 1 aromatic carbocycles. The third-order valence-corrected chi connectivity index (χ3v) is 5.20. The predicted molar refractivity (Wildman–Crippen MR) is 112 cm³/mol. The van der Waals surface area contributed by atoms with E-state index in [1.165, 1.54) is 12.8 Å². The maximum absolute atomic E-state index is 13.3. The summed E-state index contributed by atoms with van der Waals surface area (Å²) in [7, 11) is 0. The van der Waals surface area contributed by atoms with Crippen LogP contribution in [0.4, 0.5) is 0 Å². The van der Waals surface area contributed by atoms with Crippen LogP contribution in [-0.2, 0) is 4.79 Å². The number of hydrogen-bond acceptors (Lipinski definition) is 3. The van der Waals surface area contributed by atoms with Gasteiger partial charge in [0.25, 0.3) is 5.91 Å². The van der Waals surface area contributed by atoms with E-state index in [0.29, 0.717) is 5.11 Å². The highest BCUT2D eigenvalue weighted by molar-refractivity contribution is 7.80. The van der Waals surface area contributed by atoms with E-state index in [-0.39, 0.29) is 18.1 Å². The van der Waals surface area contributed by atoms with Gasteiger partial charge in [0.15, 0.2) is 5.11 Å². The van der Waals surface area contributed by atoms with Crippen molar-refractivity contribution in [2.24, 2.45) is 0 Å². The van der Waals surface area contributed by atoms with Gasteiger partial charge in [-0.3, -0.25) is 4.79 Å². The van der Waals surface area contributed by atoms with Crippen LogP contribution in [0.1, 0.15) is 58.1 Å². The van der Waals surface area contributed by atoms with Crippen molar-refractivity contribution in [1.29, 1.82) is 0 Å². The highest BCUT2D eigenvalue weighted by atomic mass is 32.1. The first-order valence-corrected chi connectivity index (χ1v) is 10.2. The monoisotopic (exact) mass is 387 g/mol. The molecular formula is C21H29N3O2S. The fourth-order valence-electron chi connectivity index (χ4n) is 3.68. The number of nitrogens with zero attached hydrogens (tertiary/aromatic N) is 1. The number of amides is 1. The molecule has 0 aromatic heterocycles. The van der Waals surface area contributed by atoms with E-state index in [4.69, 9.17) is 17.0 Å². The van der Waals surface area contributed by atoms with Gasteiger partial charge in [-0.1, -0.05) is 25.0 Å². The Labute approximate surface area is 167 Å². The largest absolute Gasteiger partial charge is 0.491 e. The normalized spacial score (nSPS) is 20.8. The lowest BCUT2D eigenvalue weighted by molar-refractivity contribution is -0.127. The lowest BCUT2D eigenvalue weighted by Gasteiger charge is -2.33. The van der Waals surface area contributed by atoms with Crippen molar-refractivity contribution in [2.75, 3.05) is 13.1 Å². The third-order valence-electron chi connectivity index (χ3n) is 4.98. The quantitative estimate of drug-likeness (QED) is 0.772. The Balaban J connectivity index is 1.88. The minimum absolute atomic E-state index is 0.101. The van der Waals surface area contributed by atoms with Gasteiger partial charge in [0.05, 0.1) is 17.7 Å². The lowest BCUT2D eigenvalue weighted by Crippen LogP contribution is -2.47. The number of thiocarbonyl (C=S) groups is 1. The van der Waals surface area contributed by atoms with Crippen LogP contribution in [0.2, 0.25) is 0 Å². The molecule has 0 bridgehead atoms. The first kappa shape index (κ1) is 19.7. The van der Waals surface area contributed by atoms with E-state index in [0.717, 1.165) is 48.5 Å². The molecule has 0 saturated carbocycles. The first-order valence-electron chi connectivity index (χ1n) is 9.80. The van der Waals surface area contributed by atoms with Crippen LogP contribution < -0.4 is 15.4 Å². The minimum Gasteiger partial charge on any atom is -0.491 e. The molecule has 3 rings (SSSR count). The molecule has 1 amide bonds. The van der Waals surface area contributed by atoms with Crippen molar-refractivity contribution in [3.8, 4) is 5.75 Å². The molecule has 27 heavy (non-hydrogen) atoms. The average molecular weight is 388 g/mol. The van der Waals surface area contributed by atoms with Crippen LogP contribution in [0.5, 0.6) is 5.75 Å². The maximum atomic E-state index is 13.3. The highest BCUT2D eigenvalue weighted by Gasteiger charge is 2.32. The first-order chi connectivity index (χ1) is 13.0. The number of likely N-dealkylation sites (tertiary alicyclic amines) is 1. The molecule has 2 aliphatic rings. The minimum atomic E-state index is -0.248. The molecule has 2 heterocycles. The number of benzene rings is 1. The van der Waals surface area contributed by atoms with Gasteiger partial charge in [-0.05, 0) is 63.5 Å². The fraction of sp³-hybridized carbons (Fsp3) is 0.524. The molecule has 146 valence electrons. The van der Waals surface area contributed by atoms with Crippen molar-refractivity contribution in [1.82, 2.24) is 15.5 Å². The Morgan fingerprint density at radius 1 is 1.15 bits per heavy atom. The Hall–Kier alpha value is -2.08. The number of rotatable bonds is 4. The fourth-order valence-corrected chi connectivity index (χ4v) is 3.95. The highest BCUT2D eigenvalue weighted by Crippen LogP contribution is 2.30. The van der Waals surface area contributed by atoms with Crippen molar-refractivity contribution in [2.45, 2.75) is 58.6 Å². The maximum Gasteiger partial charge on any atom is 0.253 e. The smallest absolute Gasteiger partial charge is 0.253 e. The molecule has 2 aliphatic heterocycles. The van der Waals surface area contributed by atoms with Crippen LogP contribution in [0, 0.1) is 0 Å². The van der Waals surface area contributed by atoms with Gasteiger partial charge in [-0.15, -0.1) is 0 Å². The predicted octanol–water partition coefficient (Wildman–Crippen LogP) is 3.67. The lowest BCUT2D eigenvalue weighted by atomic mass is 9.94. The van der Waals surface area contributed by atoms with Gasteiger partial charge in [-0.2, -0.15) is 0 Å². The van der Waals surface area contributed by atoms with Crippen LogP contribution >= 0.6 is 12.2 Å². The van der Waals surface area contributed by atoms with E-state index in [1.807, 2.05) is 49.9 Å². The molecule has 0 radical (unpaired) electrons. The Bertz CT molecular complexity index is 719. The van der Waals surface area contributed by atoms with E-state index >= 15 is 0 Å². The molecule has 0 aliphatic carbocycles. The second-order valence-electron chi connectivity index (χ2n) is 7.51. The number of hydrogen-bond donors (Lipinski definition) is 2. The molecule has 2 N–H and O–H groups in total. The summed E-state index contributed by atoms with van der Waals surface area (Å²) in [4.78, 5) is 15.3. The topological polar surface area (TPSA) is 53.6 Å². The zero-order valence-corrected chi connectivity index (χ0v) is 17.2. The number of carbonyl (C=O) groups is 1. The van der Waals surface area contributed by atoms with Crippen molar-refractivity contribution >= 4 is 23.2 Å². The van der Waals surface area contributed by atoms with Crippen LogP contribution in [-0.4, -0.2) is 35.1 Å². The molecular weight excluding hydrogens is 358 g/mol. The molecule has 1 fully saturated rings. The summed E-state index contributed by atoms with van der Waals surface area (Å²) in [5.41, 5.74) is 2.59. The number of ether oxygens (including phenoxy) is 1. The van der Waals surface area contributed by atoms with Crippen LogP contribution in [0.25, 0.3) is 0 Å². The van der Waals surface area contributed by atoms with E-state index in [9.17, 15) is 4.79 Å². The summed E-state index contributed by atoms with van der Waals surface area (Å²) in [5.74, 6) is 0.927. The van der Waals surface area contributed by atoms with Gasteiger partial charge in [0.1, 0.15) is 5.75 Å². The molecule has 1 atom stereocenters. The molecule has 0 spiro atoms. The number of carbonyl (C=O) groups excluding carboxylic acids is 1. The van der Waals surface area contributed by atoms with E-state index in [1.54, 1.807) is 0 Å². The second kappa shape index (κ2) is 8.74. The van der Waals surface area contributed by atoms with Gasteiger partial charge < -0.3 is 20.3 Å². The Morgan fingerprint density at radius 2 is 1.78 bits per heavy atom. The summed E-state index contributed by atoms with van der Waals surface area (Å²) in [6.07, 6.45) is 4.67. The summed E-state index contributed by atoms with van der Waals surface area (Å²) in [6.45, 7) is 7.60. The van der Waals surface area contributed by atoms with E-state index in [2.05, 4.69) is 10.6 Å². The van der Waals surface area contributed by atoms with Gasteiger partial charge in [0.2, 0.25) is 0 Å². The Kier molecular flexibility index (Phi) is 6.37. The van der Waals surface area contributed by atoms with Crippen molar-refractivity contribution in [3.63, 3.8) is 0 Å². The summed E-state index contributed by atoms with van der Waals surface area (Å²) >= 11 is 5.35. The number of nitrogens with one attached hydrogen (secondary N) is 2. The SMILES string of the molecule is CC1=C(C(=O)N2CCCCCC2)[C@H](c2ccc(OC(C)C)cc2)NC(=S)N1. The summed E-state index contributed by atoms with van der Waals surface area (Å²) < 4.78 is 5.74. The van der Waals surface area contributed by atoms with Gasteiger partial charge in [0, 0.05) is 18.8 Å². The Morgan fingerprint density at radius 3 is 2.37 bits per heavy atom. The van der Waals surface area contributed by atoms with Crippen molar-refractivity contribution < 1.29 is 9.53 Å². The number of allylic oxidation sites excluding steroid dienone is 1. The summed E-state index contributed by atoms with van der Waals surface area (Å²) in [5, 5.41) is 6.96. The molecule has 6 heteroatoms. The standard InChI is InChI=1S/C21H29N3O2S/c1-14(2)26-17-10-8-16(9-11-17)19-18(15(3)22-21(27)23-19)20(25)24-12-6-4-5-7-13-24/h8-11,14,19H,4-7,12-13H2,1-3H3,(H2,22,23,27)/t19-/m0/s1. The van der Waals surface area contributed by atoms with Gasteiger partial charge in [-0.25, -0.2) is 0 Å². The van der Waals surface area contributed by atoms with E-state index < -0.39 is 0 Å².